The van der Waals surface area contributed by atoms with Crippen LogP contribution in [0.5, 0.6) is 0 Å². The molecular weight excluding hydrogens is 178 g/mol. The van der Waals surface area contributed by atoms with Gasteiger partial charge in [0.1, 0.15) is 0 Å². The molecule has 0 heterocycles. The maximum atomic E-state index is 5.68. The fraction of sp³-hybridized carbons (Fsp3) is 1.00. The van der Waals surface area contributed by atoms with Gasteiger partial charge in [0.05, 0.1) is 12.7 Å². The van der Waals surface area contributed by atoms with E-state index < -0.39 is 0 Å². The Bertz CT molecular complexity index is 99.5. The van der Waals surface area contributed by atoms with Crippen LogP contribution in [0.1, 0.15) is 33.1 Å². The van der Waals surface area contributed by atoms with Crippen molar-refractivity contribution in [2.24, 2.45) is 0 Å². The van der Waals surface area contributed by atoms with E-state index in [-0.39, 0.29) is 6.10 Å². The molecule has 0 saturated carbocycles. The highest BCUT2D eigenvalue weighted by molar-refractivity contribution is 4.60. The van der Waals surface area contributed by atoms with Crippen LogP contribution in [0.25, 0.3) is 0 Å². The molecule has 0 aromatic carbocycles. The van der Waals surface area contributed by atoms with Crippen LogP contribution >= 0.6 is 0 Å². The maximum Gasteiger partial charge on any atom is 0.0932 e. The lowest BCUT2D eigenvalue weighted by Crippen LogP contribution is -2.33. The summed E-state index contributed by atoms with van der Waals surface area (Å²) >= 11 is 0. The molecule has 0 radical (unpaired) electrons. The minimum atomic E-state index is 0.207. The molecule has 0 rings (SSSR count). The molecule has 0 aliphatic carbocycles. The molecule has 0 aromatic rings. The zero-order valence-corrected chi connectivity index (χ0v) is 9.84. The number of unbranched alkanes of at least 4 members (excludes halogenated alkanes) is 1. The summed E-state index contributed by atoms with van der Waals surface area (Å²) in [6.45, 7) is 7.81. The molecule has 0 saturated heterocycles. The lowest BCUT2D eigenvalue weighted by molar-refractivity contribution is -0.00188. The third-order valence-electron chi connectivity index (χ3n) is 2.00. The molecular formula is C11H25NO2. The fourth-order valence-electron chi connectivity index (χ4n) is 1.19. The number of ether oxygens (including phenoxy) is 2. The van der Waals surface area contributed by atoms with Crippen LogP contribution in [-0.2, 0) is 9.47 Å². The van der Waals surface area contributed by atoms with Crippen molar-refractivity contribution in [1.82, 2.24) is 5.32 Å². The summed E-state index contributed by atoms with van der Waals surface area (Å²) in [5, 5.41) is 3.34. The first-order valence-corrected chi connectivity index (χ1v) is 5.66. The van der Waals surface area contributed by atoms with Gasteiger partial charge in [-0.1, -0.05) is 20.3 Å². The first-order chi connectivity index (χ1) is 6.85. The quantitative estimate of drug-likeness (QED) is 0.549. The molecule has 1 N–H and O–H groups in total. The summed E-state index contributed by atoms with van der Waals surface area (Å²) in [6.07, 6.45) is 3.68. The minimum absolute atomic E-state index is 0.207. The molecule has 0 fully saturated rings. The molecule has 1 atom stereocenters. The van der Waals surface area contributed by atoms with Crippen molar-refractivity contribution in [3.63, 3.8) is 0 Å². The smallest absolute Gasteiger partial charge is 0.0932 e. The summed E-state index contributed by atoms with van der Waals surface area (Å²) in [5.41, 5.74) is 0. The van der Waals surface area contributed by atoms with Gasteiger partial charge in [0, 0.05) is 20.3 Å². The normalized spacial score (nSPS) is 13.1. The SMILES string of the molecule is CCCCOC(CNCCC)COC. The second kappa shape index (κ2) is 11.0. The number of hydrogen-bond acceptors (Lipinski definition) is 3. The van der Waals surface area contributed by atoms with Gasteiger partial charge >= 0.3 is 0 Å². The van der Waals surface area contributed by atoms with E-state index in [2.05, 4.69) is 19.2 Å². The highest BCUT2D eigenvalue weighted by atomic mass is 16.5. The van der Waals surface area contributed by atoms with Crippen LogP contribution in [0, 0.1) is 0 Å². The van der Waals surface area contributed by atoms with E-state index in [1.54, 1.807) is 7.11 Å². The van der Waals surface area contributed by atoms with Crippen LogP contribution in [0.15, 0.2) is 0 Å². The monoisotopic (exact) mass is 203 g/mol. The zero-order chi connectivity index (χ0) is 10.6. The fourth-order valence-corrected chi connectivity index (χ4v) is 1.19. The highest BCUT2D eigenvalue weighted by Gasteiger charge is 2.07. The van der Waals surface area contributed by atoms with E-state index in [4.69, 9.17) is 9.47 Å². The van der Waals surface area contributed by atoms with E-state index >= 15 is 0 Å². The van der Waals surface area contributed by atoms with Crippen molar-refractivity contribution in [2.75, 3.05) is 33.4 Å². The molecule has 0 amide bonds. The van der Waals surface area contributed by atoms with Crippen molar-refractivity contribution in [3.05, 3.63) is 0 Å². The average molecular weight is 203 g/mol. The zero-order valence-electron chi connectivity index (χ0n) is 9.84. The van der Waals surface area contributed by atoms with Gasteiger partial charge in [-0.05, 0) is 19.4 Å². The van der Waals surface area contributed by atoms with Crippen LogP contribution in [0.4, 0.5) is 0 Å². The predicted molar refractivity (Wildman–Crippen MR) is 59.7 cm³/mol. The molecule has 3 heteroatoms. The molecule has 14 heavy (non-hydrogen) atoms. The lowest BCUT2D eigenvalue weighted by atomic mass is 10.3. The number of hydrogen-bond donors (Lipinski definition) is 1. The van der Waals surface area contributed by atoms with Gasteiger partial charge in [0.2, 0.25) is 0 Å². The second-order valence-corrected chi connectivity index (χ2v) is 3.51. The molecule has 1 unspecified atom stereocenters. The van der Waals surface area contributed by atoms with Crippen molar-refractivity contribution in [1.29, 1.82) is 0 Å². The van der Waals surface area contributed by atoms with Crippen LogP contribution in [0.3, 0.4) is 0 Å². The number of nitrogens with one attached hydrogen (secondary N) is 1. The molecule has 0 aliphatic rings. The first kappa shape index (κ1) is 13.9. The summed E-state index contributed by atoms with van der Waals surface area (Å²) in [7, 11) is 1.72. The lowest BCUT2D eigenvalue weighted by Gasteiger charge is -2.17. The van der Waals surface area contributed by atoms with E-state index in [0.717, 1.165) is 32.5 Å². The Morgan fingerprint density at radius 2 is 2.00 bits per heavy atom. The number of rotatable bonds is 10. The summed E-state index contributed by atoms with van der Waals surface area (Å²) in [5.74, 6) is 0. The van der Waals surface area contributed by atoms with Crippen molar-refractivity contribution in [2.45, 2.75) is 39.2 Å². The molecule has 0 bridgehead atoms. The standard InChI is InChI=1S/C11H25NO2/c1-4-6-8-14-11(10-13-3)9-12-7-5-2/h11-12H,4-10H2,1-3H3. The third kappa shape index (κ3) is 8.48. The Labute approximate surface area is 88.2 Å². The first-order valence-electron chi connectivity index (χ1n) is 5.66. The summed E-state index contributed by atoms with van der Waals surface area (Å²) in [4.78, 5) is 0. The summed E-state index contributed by atoms with van der Waals surface area (Å²) < 4.78 is 10.8. The second-order valence-electron chi connectivity index (χ2n) is 3.51. The largest absolute Gasteiger partial charge is 0.382 e. The number of methoxy groups -OCH3 is 1. The van der Waals surface area contributed by atoms with Crippen molar-refractivity contribution in [3.8, 4) is 0 Å². The van der Waals surface area contributed by atoms with E-state index in [0.29, 0.717) is 6.61 Å². The van der Waals surface area contributed by atoms with Gasteiger partial charge < -0.3 is 14.8 Å². The van der Waals surface area contributed by atoms with Gasteiger partial charge in [-0.2, -0.15) is 0 Å². The Morgan fingerprint density at radius 3 is 2.57 bits per heavy atom. The van der Waals surface area contributed by atoms with E-state index in [1.165, 1.54) is 6.42 Å². The molecule has 0 spiro atoms. The average Bonchev–Trinajstić information content (AvgIpc) is 2.18. The molecule has 0 aliphatic heterocycles. The van der Waals surface area contributed by atoms with Crippen molar-refractivity contribution >= 4 is 0 Å². The van der Waals surface area contributed by atoms with E-state index in [1.807, 2.05) is 0 Å². The van der Waals surface area contributed by atoms with Crippen LogP contribution < -0.4 is 5.32 Å². The van der Waals surface area contributed by atoms with Gasteiger partial charge in [-0.15, -0.1) is 0 Å². The maximum absolute atomic E-state index is 5.68. The van der Waals surface area contributed by atoms with Crippen LogP contribution in [-0.4, -0.2) is 39.5 Å². The minimum Gasteiger partial charge on any atom is -0.382 e. The van der Waals surface area contributed by atoms with Gasteiger partial charge in [-0.3, -0.25) is 0 Å². The Hall–Kier alpha value is -0.120. The van der Waals surface area contributed by atoms with E-state index in [9.17, 15) is 0 Å². The summed E-state index contributed by atoms with van der Waals surface area (Å²) in [6, 6.07) is 0. The van der Waals surface area contributed by atoms with Gasteiger partial charge in [0.25, 0.3) is 0 Å². The Balaban J connectivity index is 3.44. The third-order valence-corrected chi connectivity index (χ3v) is 2.00. The van der Waals surface area contributed by atoms with Gasteiger partial charge in [-0.25, -0.2) is 0 Å². The van der Waals surface area contributed by atoms with Crippen LogP contribution in [0.2, 0.25) is 0 Å². The van der Waals surface area contributed by atoms with Crippen molar-refractivity contribution < 1.29 is 9.47 Å². The Kier molecular flexibility index (Phi) is 10.9. The molecule has 0 aromatic heterocycles. The Morgan fingerprint density at radius 1 is 1.21 bits per heavy atom. The van der Waals surface area contributed by atoms with Gasteiger partial charge in [0.15, 0.2) is 0 Å². The topological polar surface area (TPSA) is 30.5 Å². The molecule has 3 nitrogen and oxygen atoms in total. The highest BCUT2D eigenvalue weighted by Crippen LogP contribution is 1.95. The predicted octanol–water partition coefficient (Wildman–Crippen LogP) is 1.82. The molecule has 86 valence electrons.